The third-order valence-electron chi connectivity index (χ3n) is 3.81. The molecule has 1 aromatic carbocycles. The highest BCUT2D eigenvalue weighted by molar-refractivity contribution is 5.43. The van der Waals surface area contributed by atoms with Crippen LogP contribution < -0.4 is 14.8 Å². The summed E-state index contributed by atoms with van der Waals surface area (Å²) in [5.74, 6) is 1.64. The van der Waals surface area contributed by atoms with Crippen LogP contribution in [0.2, 0.25) is 0 Å². The zero-order valence-electron chi connectivity index (χ0n) is 13.0. The second kappa shape index (κ2) is 6.95. The van der Waals surface area contributed by atoms with Crippen molar-refractivity contribution in [3.05, 3.63) is 23.8 Å². The summed E-state index contributed by atoms with van der Waals surface area (Å²) in [5.41, 5.74) is 1.27. The van der Waals surface area contributed by atoms with Gasteiger partial charge in [0.2, 0.25) is 0 Å². The number of rotatable bonds is 5. The lowest BCUT2D eigenvalue weighted by molar-refractivity contribution is 0.138. The van der Waals surface area contributed by atoms with Crippen molar-refractivity contribution < 1.29 is 9.47 Å². The first-order valence-corrected chi connectivity index (χ1v) is 7.41. The number of nitrogens with zero attached hydrogens (tertiary/aromatic N) is 1. The van der Waals surface area contributed by atoms with Gasteiger partial charge in [-0.25, -0.2) is 0 Å². The molecule has 0 radical (unpaired) electrons. The van der Waals surface area contributed by atoms with Gasteiger partial charge in [-0.05, 0) is 38.5 Å². The van der Waals surface area contributed by atoms with E-state index in [2.05, 4.69) is 36.2 Å². The Morgan fingerprint density at radius 3 is 2.80 bits per heavy atom. The molecule has 1 aromatic rings. The van der Waals surface area contributed by atoms with E-state index in [0.717, 1.165) is 31.1 Å². The number of benzene rings is 1. The van der Waals surface area contributed by atoms with Gasteiger partial charge in [-0.1, -0.05) is 6.07 Å². The smallest absolute Gasteiger partial charge is 0.161 e. The molecule has 20 heavy (non-hydrogen) atoms. The Labute approximate surface area is 122 Å². The van der Waals surface area contributed by atoms with Gasteiger partial charge in [0.15, 0.2) is 11.5 Å². The van der Waals surface area contributed by atoms with Crippen LogP contribution in [0.15, 0.2) is 18.2 Å². The topological polar surface area (TPSA) is 33.7 Å². The summed E-state index contributed by atoms with van der Waals surface area (Å²) >= 11 is 0. The van der Waals surface area contributed by atoms with Crippen LogP contribution in [0.4, 0.5) is 0 Å². The monoisotopic (exact) mass is 278 g/mol. The van der Waals surface area contributed by atoms with E-state index in [1.807, 2.05) is 13.0 Å². The molecule has 4 heteroatoms. The molecular weight excluding hydrogens is 252 g/mol. The molecule has 0 aromatic heterocycles. The minimum atomic E-state index is 0.552. The van der Waals surface area contributed by atoms with Crippen LogP contribution >= 0.6 is 0 Å². The molecule has 4 nitrogen and oxygen atoms in total. The Morgan fingerprint density at radius 2 is 2.10 bits per heavy atom. The molecule has 0 amide bonds. The van der Waals surface area contributed by atoms with E-state index < -0.39 is 0 Å². The van der Waals surface area contributed by atoms with Crippen LogP contribution in [-0.2, 0) is 6.54 Å². The highest BCUT2D eigenvalue weighted by Gasteiger charge is 2.22. The van der Waals surface area contributed by atoms with E-state index in [0.29, 0.717) is 18.7 Å². The summed E-state index contributed by atoms with van der Waals surface area (Å²) in [7, 11) is 1.68. The van der Waals surface area contributed by atoms with Crippen molar-refractivity contribution in [2.45, 2.75) is 39.4 Å². The molecule has 1 heterocycles. The molecule has 1 saturated heterocycles. The van der Waals surface area contributed by atoms with E-state index in [1.54, 1.807) is 7.11 Å². The maximum atomic E-state index is 5.65. The van der Waals surface area contributed by atoms with Crippen molar-refractivity contribution in [2.24, 2.45) is 0 Å². The van der Waals surface area contributed by atoms with E-state index >= 15 is 0 Å². The number of piperazine rings is 1. The van der Waals surface area contributed by atoms with Gasteiger partial charge >= 0.3 is 0 Å². The highest BCUT2D eigenvalue weighted by Crippen LogP contribution is 2.29. The van der Waals surface area contributed by atoms with Crippen LogP contribution in [0.1, 0.15) is 26.3 Å². The Kier molecular flexibility index (Phi) is 5.26. The molecule has 2 rings (SSSR count). The molecule has 1 aliphatic heterocycles. The summed E-state index contributed by atoms with van der Waals surface area (Å²) < 4.78 is 11.0. The fourth-order valence-corrected chi connectivity index (χ4v) is 2.64. The quantitative estimate of drug-likeness (QED) is 0.896. The lowest BCUT2D eigenvalue weighted by atomic mass is 10.1. The molecule has 0 aliphatic carbocycles. The third-order valence-corrected chi connectivity index (χ3v) is 3.81. The van der Waals surface area contributed by atoms with Gasteiger partial charge in [0.05, 0.1) is 13.7 Å². The summed E-state index contributed by atoms with van der Waals surface area (Å²) in [6.07, 6.45) is 0. The van der Waals surface area contributed by atoms with Gasteiger partial charge in [0.1, 0.15) is 0 Å². The molecule has 0 saturated carbocycles. The maximum absolute atomic E-state index is 5.65. The lowest BCUT2D eigenvalue weighted by Gasteiger charge is -2.37. The zero-order valence-corrected chi connectivity index (χ0v) is 13.0. The van der Waals surface area contributed by atoms with E-state index in [4.69, 9.17) is 9.47 Å². The average molecular weight is 278 g/mol. The molecule has 1 N–H and O–H groups in total. The summed E-state index contributed by atoms with van der Waals surface area (Å²) in [6.45, 7) is 10.2. The predicted molar refractivity (Wildman–Crippen MR) is 81.5 cm³/mol. The number of methoxy groups -OCH3 is 1. The largest absolute Gasteiger partial charge is 0.493 e. The molecule has 1 fully saturated rings. The number of nitrogens with one attached hydrogen (secondary N) is 1. The molecule has 2 unspecified atom stereocenters. The normalized spacial score (nSPS) is 23.6. The molecular formula is C16H26N2O2. The Balaban J connectivity index is 2.10. The van der Waals surface area contributed by atoms with Crippen LogP contribution in [0, 0.1) is 0 Å². The minimum absolute atomic E-state index is 0.552. The van der Waals surface area contributed by atoms with E-state index in [9.17, 15) is 0 Å². The van der Waals surface area contributed by atoms with Gasteiger partial charge in [-0.2, -0.15) is 0 Å². The zero-order chi connectivity index (χ0) is 14.5. The Morgan fingerprint density at radius 1 is 1.30 bits per heavy atom. The number of ether oxygens (including phenoxy) is 2. The van der Waals surface area contributed by atoms with Crippen LogP contribution in [0.25, 0.3) is 0 Å². The van der Waals surface area contributed by atoms with E-state index in [1.165, 1.54) is 5.56 Å². The van der Waals surface area contributed by atoms with E-state index in [-0.39, 0.29) is 0 Å². The minimum Gasteiger partial charge on any atom is -0.493 e. The number of hydrogen-bond donors (Lipinski definition) is 1. The SMILES string of the molecule is CCOc1cc(CN2CC(C)NCC2C)ccc1OC. The third kappa shape index (κ3) is 3.64. The molecule has 0 bridgehead atoms. The lowest BCUT2D eigenvalue weighted by Crippen LogP contribution is -2.53. The van der Waals surface area contributed by atoms with Gasteiger partial charge < -0.3 is 14.8 Å². The van der Waals surface area contributed by atoms with Crippen molar-refractivity contribution in [1.29, 1.82) is 0 Å². The van der Waals surface area contributed by atoms with Gasteiger partial charge in [0.25, 0.3) is 0 Å². The Hall–Kier alpha value is -1.26. The predicted octanol–water partition coefficient (Wildman–Crippen LogP) is 2.28. The van der Waals surface area contributed by atoms with Crippen molar-refractivity contribution in [2.75, 3.05) is 26.8 Å². The summed E-state index contributed by atoms with van der Waals surface area (Å²) in [5, 5.41) is 3.51. The first-order valence-electron chi connectivity index (χ1n) is 7.41. The average Bonchev–Trinajstić information content (AvgIpc) is 2.44. The first kappa shape index (κ1) is 15.1. The molecule has 112 valence electrons. The second-order valence-corrected chi connectivity index (χ2v) is 5.51. The van der Waals surface area contributed by atoms with Crippen molar-refractivity contribution >= 4 is 0 Å². The van der Waals surface area contributed by atoms with Crippen LogP contribution in [0.5, 0.6) is 11.5 Å². The van der Waals surface area contributed by atoms with Crippen molar-refractivity contribution in [1.82, 2.24) is 10.2 Å². The highest BCUT2D eigenvalue weighted by atomic mass is 16.5. The van der Waals surface area contributed by atoms with Gasteiger partial charge in [-0.15, -0.1) is 0 Å². The standard InChI is InChI=1S/C16H26N2O2/c1-5-20-16-8-14(6-7-15(16)19-4)11-18-10-12(2)17-9-13(18)3/h6-8,12-13,17H,5,9-11H2,1-4H3. The summed E-state index contributed by atoms with van der Waals surface area (Å²) in [6, 6.07) is 7.33. The summed E-state index contributed by atoms with van der Waals surface area (Å²) in [4.78, 5) is 2.51. The second-order valence-electron chi connectivity index (χ2n) is 5.51. The first-order chi connectivity index (χ1) is 9.63. The van der Waals surface area contributed by atoms with Crippen molar-refractivity contribution in [3.63, 3.8) is 0 Å². The molecule has 1 aliphatic rings. The molecule has 0 spiro atoms. The van der Waals surface area contributed by atoms with Gasteiger partial charge in [0, 0.05) is 31.7 Å². The van der Waals surface area contributed by atoms with Crippen LogP contribution in [0.3, 0.4) is 0 Å². The maximum Gasteiger partial charge on any atom is 0.161 e. The number of hydrogen-bond acceptors (Lipinski definition) is 4. The molecule has 2 atom stereocenters. The fourth-order valence-electron chi connectivity index (χ4n) is 2.64. The Bertz CT molecular complexity index is 436. The van der Waals surface area contributed by atoms with Crippen LogP contribution in [-0.4, -0.2) is 43.8 Å². The van der Waals surface area contributed by atoms with Gasteiger partial charge in [-0.3, -0.25) is 4.90 Å². The van der Waals surface area contributed by atoms with Crippen molar-refractivity contribution in [3.8, 4) is 11.5 Å². The fraction of sp³-hybridized carbons (Fsp3) is 0.625.